The normalized spacial score (nSPS) is 22.1. The Morgan fingerprint density at radius 2 is 1.93 bits per heavy atom. The molecule has 0 radical (unpaired) electrons. The number of primary amides is 1. The molecule has 1 atom stereocenters. The summed E-state index contributed by atoms with van der Waals surface area (Å²) in [5.41, 5.74) is 6.44. The van der Waals surface area contributed by atoms with Gasteiger partial charge in [-0.3, -0.25) is 19.5 Å². The van der Waals surface area contributed by atoms with E-state index in [1.165, 1.54) is 25.7 Å². The number of rotatable bonds is 6. The Kier molecular flexibility index (Phi) is 7.21. The Hall–Kier alpha value is -1.95. The molecule has 2 amide bonds. The van der Waals surface area contributed by atoms with Crippen molar-refractivity contribution in [1.82, 2.24) is 14.8 Å². The minimum atomic E-state index is -0.320. The molecule has 2 N–H and O–H groups in total. The minimum Gasteiger partial charge on any atom is -0.369 e. The van der Waals surface area contributed by atoms with Gasteiger partial charge in [0.25, 0.3) is 0 Å². The van der Waals surface area contributed by atoms with Gasteiger partial charge in [0.2, 0.25) is 11.8 Å². The van der Waals surface area contributed by atoms with Gasteiger partial charge in [-0.25, -0.2) is 0 Å². The van der Waals surface area contributed by atoms with E-state index < -0.39 is 0 Å². The molecule has 1 saturated carbocycles. The zero-order valence-electron chi connectivity index (χ0n) is 16.2. The standard InChI is InChI=1S/C21H32N4O2/c22-20(26)16-24-12-6-8-18(15-24)21(27)25(14-17-7-5-11-23-13-17)19-9-3-1-2-4-10-19/h5,7,11,13,18-19H,1-4,6,8-10,12,14-16H2,(H2,22,26)/t18-/m0/s1. The van der Waals surface area contributed by atoms with E-state index in [1.807, 2.05) is 23.2 Å². The van der Waals surface area contributed by atoms with Crippen LogP contribution in [0, 0.1) is 5.92 Å². The average molecular weight is 373 g/mol. The summed E-state index contributed by atoms with van der Waals surface area (Å²) in [5, 5.41) is 0. The van der Waals surface area contributed by atoms with Crippen LogP contribution in [-0.2, 0) is 16.1 Å². The molecular weight excluding hydrogens is 340 g/mol. The molecule has 27 heavy (non-hydrogen) atoms. The fraction of sp³-hybridized carbons (Fsp3) is 0.667. The topological polar surface area (TPSA) is 79.5 Å². The lowest BCUT2D eigenvalue weighted by atomic mass is 9.94. The van der Waals surface area contributed by atoms with Gasteiger partial charge in [-0.05, 0) is 43.9 Å². The number of hydrogen-bond donors (Lipinski definition) is 1. The number of amides is 2. The summed E-state index contributed by atoms with van der Waals surface area (Å²) >= 11 is 0. The molecular formula is C21H32N4O2. The maximum absolute atomic E-state index is 13.5. The monoisotopic (exact) mass is 372 g/mol. The zero-order valence-corrected chi connectivity index (χ0v) is 16.2. The Balaban J connectivity index is 1.73. The SMILES string of the molecule is NC(=O)CN1CCC[C@H](C(=O)N(Cc2cccnc2)C2CCCCCC2)C1. The van der Waals surface area contributed by atoms with Crippen molar-refractivity contribution in [3.05, 3.63) is 30.1 Å². The van der Waals surface area contributed by atoms with Gasteiger partial charge < -0.3 is 10.6 Å². The van der Waals surface area contributed by atoms with Gasteiger partial charge in [-0.15, -0.1) is 0 Å². The van der Waals surface area contributed by atoms with Crippen LogP contribution >= 0.6 is 0 Å². The molecule has 6 nitrogen and oxygen atoms in total. The Labute approximate surface area is 162 Å². The first-order valence-corrected chi connectivity index (χ1v) is 10.3. The number of hydrogen-bond acceptors (Lipinski definition) is 4. The van der Waals surface area contributed by atoms with Gasteiger partial charge >= 0.3 is 0 Å². The van der Waals surface area contributed by atoms with Crippen LogP contribution in [-0.4, -0.2) is 52.3 Å². The lowest BCUT2D eigenvalue weighted by molar-refractivity contribution is -0.141. The third-order valence-electron chi connectivity index (χ3n) is 5.86. The van der Waals surface area contributed by atoms with Crippen molar-refractivity contribution in [1.29, 1.82) is 0 Å². The summed E-state index contributed by atoms with van der Waals surface area (Å²) in [7, 11) is 0. The molecule has 1 saturated heterocycles. The number of aromatic nitrogens is 1. The van der Waals surface area contributed by atoms with Crippen molar-refractivity contribution in [3.63, 3.8) is 0 Å². The summed E-state index contributed by atoms with van der Waals surface area (Å²) in [6.07, 6.45) is 12.6. The van der Waals surface area contributed by atoms with E-state index >= 15 is 0 Å². The number of nitrogens with two attached hydrogens (primary N) is 1. The number of carbonyl (C=O) groups excluding carboxylic acids is 2. The predicted octanol–water partition coefficient (Wildman–Crippen LogP) is 2.33. The number of piperidine rings is 1. The lowest BCUT2D eigenvalue weighted by Gasteiger charge is -2.38. The van der Waals surface area contributed by atoms with Crippen molar-refractivity contribution in [2.24, 2.45) is 11.7 Å². The van der Waals surface area contributed by atoms with Crippen LogP contribution in [0.5, 0.6) is 0 Å². The second-order valence-electron chi connectivity index (χ2n) is 8.01. The molecule has 1 aliphatic carbocycles. The maximum Gasteiger partial charge on any atom is 0.231 e. The second kappa shape index (κ2) is 9.83. The van der Waals surface area contributed by atoms with E-state index in [0.717, 1.165) is 37.8 Å². The van der Waals surface area contributed by atoms with Gasteiger partial charge in [0, 0.05) is 31.5 Å². The molecule has 2 fully saturated rings. The molecule has 6 heteroatoms. The van der Waals surface area contributed by atoms with Crippen molar-refractivity contribution in [3.8, 4) is 0 Å². The van der Waals surface area contributed by atoms with Crippen molar-refractivity contribution >= 4 is 11.8 Å². The summed E-state index contributed by atoms with van der Waals surface area (Å²) < 4.78 is 0. The Morgan fingerprint density at radius 1 is 1.15 bits per heavy atom. The third-order valence-corrected chi connectivity index (χ3v) is 5.86. The summed E-state index contributed by atoms with van der Waals surface area (Å²) in [6.45, 7) is 2.36. The van der Waals surface area contributed by atoms with Crippen LogP contribution in [0.4, 0.5) is 0 Å². The highest BCUT2D eigenvalue weighted by Crippen LogP contribution is 2.27. The lowest BCUT2D eigenvalue weighted by Crippen LogP contribution is -2.49. The molecule has 1 aromatic heterocycles. The van der Waals surface area contributed by atoms with Crippen molar-refractivity contribution < 1.29 is 9.59 Å². The molecule has 0 bridgehead atoms. The molecule has 148 valence electrons. The van der Waals surface area contributed by atoms with Crippen molar-refractivity contribution in [2.45, 2.75) is 64.0 Å². The molecule has 2 heterocycles. The highest BCUT2D eigenvalue weighted by atomic mass is 16.2. The summed E-state index contributed by atoms with van der Waals surface area (Å²) in [6, 6.07) is 4.29. The highest BCUT2D eigenvalue weighted by Gasteiger charge is 2.33. The Bertz CT molecular complexity index is 614. The van der Waals surface area contributed by atoms with E-state index in [4.69, 9.17) is 5.73 Å². The zero-order chi connectivity index (χ0) is 19.1. The molecule has 1 aromatic rings. The van der Waals surface area contributed by atoms with Gasteiger partial charge in [0.1, 0.15) is 0 Å². The number of carbonyl (C=O) groups is 2. The smallest absolute Gasteiger partial charge is 0.231 e. The van der Waals surface area contributed by atoms with Crippen LogP contribution < -0.4 is 5.73 Å². The molecule has 0 spiro atoms. The molecule has 1 aliphatic heterocycles. The van der Waals surface area contributed by atoms with E-state index in [0.29, 0.717) is 19.1 Å². The fourth-order valence-corrected chi connectivity index (χ4v) is 4.50. The van der Waals surface area contributed by atoms with Gasteiger partial charge in [-0.2, -0.15) is 0 Å². The van der Waals surface area contributed by atoms with Crippen LogP contribution in [0.1, 0.15) is 56.9 Å². The molecule has 0 unspecified atom stereocenters. The minimum absolute atomic E-state index is 0.0435. The second-order valence-corrected chi connectivity index (χ2v) is 8.01. The van der Waals surface area contributed by atoms with Crippen molar-refractivity contribution in [2.75, 3.05) is 19.6 Å². The maximum atomic E-state index is 13.5. The Morgan fingerprint density at radius 3 is 2.59 bits per heavy atom. The first kappa shape index (κ1) is 19.8. The van der Waals surface area contributed by atoms with Gasteiger partial charge in [-0.1, -0.05) is 31.7 Å². The fourth-order valence-electron chi connectivity index (χ4n) is 4.50. The third kappa shape index (κ3) is 5.76. The summed E-state index contributed by atoms with van der Waals surface area (Å²) in [4.78, 5) is 33.2. The van der Waals surface area contributed by atoms with Crippen LogP contribution in [0.2, 0.25) is 0 Å². The molecule has 2 aliphatic rings. The first-order chi connectivity index (χ1) is 13.1. The van der Waals surface area contributed by atoms with E-state index in [2.05, 4.69) is 9.88 Å². The quantitative estimate of drug-likeness (QED) is 0.777. The van der Waals surface area contributed by atoms with E-state index in [9.17, 15) is 9.59 Å². The molecule has 3 rings (SSSR count). The largest absolute Gasteiger partial charge is 0.369 e. The molecule has 0 aromatic carbocycles. The van der Waals surface area contributed by atoms with Crippen LogP contribution in [0.3, 0.4) is 0 Å². The predicted molar refractivity (Wildman–Crippen MR) is 105 cm³/mol. The first-order valence-electron chi connectivity index (χ1n) is 10.3. The van der Waals surface area contributed by atoms with E-state index in [1.54, 1.807) is 6.20 Å². The van der Waals surface area contributed by atoms with Crippen LogP contribution in [0.25, 0.3) is 0 Å². The average Bonchev–Trinajstić information content (AvgIpc) is 2.95. The number of likely N-dealkylation sites (tertiary alicyclic amines) is 1. The number of pyridine rings is 1. The van der Waals surface area contributed by atoms with Gasteiger partial charge in [0.05, 0.1) is 12.5 Å². The number of nitrogens with zero attached hydrogens (tertiary/aromatic N) is 3. The van der Waals surface area contributed by atoms with E-state index in [-0.39, 0.29) is 24.3 Å². The highest BCUT2D eigenvalue weighted by molar-refractivity contribution is 5.80. The summed E-state index contributed by atoms with van der Waals surface area (Å²) in [5.74, 6) is -0.128. The van der Waals surface area contributed by atoms with Gasteiger partial charge in [0.15, 0.2) is 0 Å². The van der Waals surface area contributed by atoms with Crippen LogP contribution in [0.15, 0.2) is 24.5 Å².